The second kappa shape index (κ2) is 8.56. The lowest BCUT2D eigenvalue weighted by atomic mass is 9.97. The number of nitrogens with zero attached hydrogens (tertiary/aromatic N) is 4. The van der Waals surface area contributed by atoms with Gasteiger partial charge in [-0.25, -0.2) is 4.98 Å². The average molecular weight is 491 g/mol. The molecule has 5 nitrogen and oxygen atoms in total. The lowest BCUT2D eigenvalue weighted by Gasteiger charge is -2.11. The summed E-state index contributed by atoms with van der Waals surface area (Å²) >= 11 is 9.14. The molecule has 33 heavy (non-hydrogen) atoms. The molecule has 0 bridgehead atoms. The van der Waals surface area contributed by atoms with E-state index in [1.807, 2.05) is 22.6 Å². The summed E-state index contributed by atoms with van der Waals surface area (Å²) in [6.45, 7) is 0. The summed E-state index contributed by atoms with van der Waals surface area (Å²) in [4.78, 5) is 20.3. The fourth-order valence-electron chi connectivity index (χ4n) is 4.35. The number of benzene rings is 2. The number of halogens is 1. The minimum atomic E-state index is 0.0247. The summed E-state index contributed by atoms with van der Waals surface area (Å²) in [5.41, 5.74) is 3.84. The molecule has 0 amide bonds. The van der Waals surface area contributed by atoms with Gasteiger partial charge < -0.3 is 0 Å². The fourth-order valence-corrected chi connectivity index (χ4v) is 6.56. The van der Waals surface area contributed by atoms with E-state index in [0.717, 1.165) is 40.1 Å². The van der Waals surface area contributed by atoms with Crippen LogP contribution in [0.2, 0.25) is 5.02 Å². The Kier molecular flexibility index (Phi) is 5.40. The van der Waals surface area contributed by atoms with Crippen LogP contribution in [0.5, 0.6) is 0 Å². The Labute approximate surface area is 203 Å². The summed E-state index contributed by atoms with van der Waals surface area (Å²) in [6, 6.07) is 17.1. The molecule has 0 atom stereocenters. The molecule has 2 aromatic carbocycles. The number of Topliss-reactive ketones (excluding diaryl/α,β-unsaturated/α-hetero) is 1. The lowest BCUT2D eigenvalue weighted by molar-refractivity contribution is 0.102. The first-order valence-electron chi connectivity index (χ1n) is 10.9. The molecule has 3 aromatic heterocycles. The van der Waals surface area contributed by atoms with Crippen molar-refractivity contribution < 1.29 is 4.79 Å². The van der Waals surface area contributed by atoms with Gasteiger partial charge in [0.15, 0.2) is 16.6 Å². The van der Waals surface area contributed by atoms with E-state index < -0.39 is 0 Å². The number of hydrogen-bond acceptors (Lipinski definition) is 6. The van der Waals surface area contributed by atoms with Gasteiger partial charge in [0.2, 0.25) is 0 Å². The summed E-state index contributed by atoms with van der Waals surface area (Å²) in [5, 5.41) is 11.5. The van der Waals surface area contributed by atoms with Crippen molar-refractivity contribution in [1.29, 1.82) is 0 Å². The van der Waals surface area contributed by atoms with E-state index in [0.29, 0.717) is 15.7 Å². The minimum Gasteiger partial charge on any atom is -0.293 e. The Morgan fingerprint density at radius 2 is 1.82 bits per heavy atom. The Morgan fingerprint density at radius 3 is 2.64 bits per heavy atom. The molecule has 164 valence electrons. The third-order valence-corrected chi connectivity index (χ3v) is 8.33. The van der Waals surface area contributed by atoms with Crippen molar-refractivity contribution in [2.75, 3.05) is 5.75 Å². The molecule has 0 spiro atoms. The van der Waals surface area contributed by atoms with Crippen LogP contribution >= 0.6 is 34.7 Å². The summed E-state index contributed by atoms with van der Waals surface area (Å²) < 4.78 is 2.03. The smallest absolute Gasteiger partial charge is 0.197 e. The molecule has 0 radical (unpaired) electrons. The monoisotopic (exact) mass is 490 g/mol. The first-order chi connectivity index (χ1) is 16.2. The maximum atomic E-state index is 12.8. The Balaban J connectivity index is 1.47. The molecule has 6 rings (SSSR count). The zero-order chi connectivity index (χ0) is 22.4. The maximum absolute atomic E-state index is 12.8. The van der Waals surface area contributed by atoms with Crippen molar-refractivity contribution in [3.8, 4) is 11.4 Å². The SMILES string of the molecule is O=C(CSc1nnc2c3c4c(sc3nc(-c3ccccc3)n12)CCCC4)c1ccc(Cl)cc1. The number of thiophene rings is 1. The number of hydrogen-bond donors (Lipinski definition) is 0. The third kappa shape index (κ3) is 3.74. The van der Waals surface area contributed by atoms with E-state index >= 15 is 0 Å². The highest BCUT2D eigenvalue weighted by molar-refractivity contribution is 7.99. The van der Waals surface area contributed by atoms with Crippen LogP contribution in [-0.4, -0.2) is 31.1 Å². The van der Waals surface area contributed by atoms with Gasteiger partial charge in [0.05, 0.1) is 11.1 Å². The van der Waals surface area contributed by atoms with Crippen LogP contribution in [0, 0.1) is 0 Å². The Morgan fingerprint density at radius 1 is 1.03 bits per heavy atom. The van der Waals surface area contributed by atoms with E-state index in [4.69, 9.17) is 16.6 Å². The summed E-state index contributed by atoms with van der Waals surface area (Å²) in [7, 11) is 0. The van der Waals surface area contributed by atoms with Crippen molar-refractivity contribution in [1.82, 2.24) is 19.6 Å². The molecular formula is C25H19ClN4OS2. The highest BCUT2D eigenvalue weighted by Gasteiger charge is 2.24. The fraction of sp³-hybridized carbons (Fsp3) is 0.200. The van der Waals surface area contributed by atoms with Gasteiger partial charge in [-0.05, 0) is 55.5 Å². The molecule has 0 N–H and O–H groups in total. The zero-order valence-electron chi connectivity index (χ0n) is 17.6. The van der Waals surface area contributed by atoms with Crippen LogP contribution in [0.15, 0.2) is 59.8 Å². The Bertz CT molecular complexity index is 1490. The molecule has 1 aliphatic carbocycles. The van der Waals surface area contributed by atoms with Crippen molar-refractivity contribution in [3.63, 3.8) is 0 Å². The standard InChI is InChI=1S/C25H19ClN4OS2/c26-17-12-10-15(11-13-17)19(31)14-32-25-29-28-23-21-18-8-4-5-9-20(18)33-24(21)27-22(30(23)25)16-6-2-1-3-7-16/h1-3,6-7,10-13H,4-5,8-9,14H2. The minimum absolute atomic E-state index is 0.0247. The van der Waals surface area contributed by atoms with Gasteiger partial charge in [0, 0.05) is 21.0 Å². The molecule has 0 aliphatic heterocycles. The van der Waals surface area contributed by atoms with E-state index in [2.05, 4.69) is 22.3 Å². The van der Waals surface area contributed by atoms with Crippen LogP contribution < -0.4 is 0 Å². The average Bonchev–Trinajstić information content (AvgIpc) is 3.44. The first-order valence-corrected chi connectivity index (χ1v) is 13.0. The van der Waals surface area contributed by atoms with E-state index in [-0.39, 0.29) is 11.5 Å². The molecular weight excluding hydrogens is 472 g/mol. The maximum Gasteiger partial charge on any atom is 0.197 e. The number of rotatable bonds is 5. The van der Waals surface area contributed by atoms with Crippen molar-refractivity contribution in [2.45, 2.75) is 30.8 Å². The predicted molar refractivity (Wildman–Crippen MR) is 135 cm³/mol. The topological polar surface area (TPSA) is 60.2 Å². The Hall–Kier alpha value is -2.74. The molecule has 1 aliphatic rings. The van der Waals surface area contributed by atoms with E-state index in [1.165, 1.54) is 35.0 Å². The van der Waals surface area contributed by atoms with Crippen LogP contribution in [0.4, 0.5) is 0 Å². The van der Waals surface area contributed by atoms with Gasteiger partial charge in [0.1, 0.15) is 10.7 Å². The van der Waals surface area contributed by atoms with Gasteiger partial charge in [-0.15, -0.1) is 21.5 Å². The number of aromatic nitrogens is 4. The number of fused-ring (bicyclic) bond motifs is 5. The molecule has 5 aromatic rings. The predicted octanol–water partition coefficient (Wildman–Crippen LogP) is 6.51. The molecule has 0 saturated heterocycles. The number of aryl methyl sites for hydroxylation is 2. The van der Waals surface area contributed by atoms with Crippen LogP contribution in [-0.2, 0) is 12.8 Å². The van der Waals surface area contributed by atoms with Crippen LogP contribution in [0.3, 0.4) is 0 Å². The molecule has 8 heteroatoms. The highest BCUT2D eigenvalue weighted by atomic mass is 35.5. The number of thioether (sulfide) groups is 1. The van der Waals surface area contributed by atoms with Gasteiger partial charge >= 0.3 is 0 Å². The van der Waals surface area contributed by atoms with Crippen molar-refractivity contribution >= 4 is 56.3 Å². The zero-order valence-corrected chi connectivity index (χ0v) is 20.0. The van der Waals surface area contributed by atoms with Gasteiger partial charge in [-0.3, -0.25) is 9.20 Å². The normalized spacial score (nSPS) is 13.5. The van der Waals surface area contributed by atoms with Crippen molar-refractivity contribution in [2.24, 2.45) is 0 Å². The quantitative estimate of drug-likeness (QED) is 0.207. The summed E-state index contributed by atoms with van der Waals surface area (Å²) in [6.07, 6.45) is 4.58. The number of carbonyl (C=O) groups is 1. The van der Waals surface area contributed by atoms with Crippen molar-refractivity contribution in [3.05, 3.63) is 75.6 Å². The van der Waals surface area contributed by atoms with Gasteiger partial charge in [-0.1, -0.05) is 53.7 Å². The lowest BCUT2D eigenvalue weighted by Crippen LogP contribution is -2.04. The second-order valence-corrected chi connectivity index (χ2v) is 10.5. The third-order valence-electron chi connectivity index (χ3n) is 5.96. The number of ketones is 1. The molecule has 0 saturated carbocycles. The van der Waals surface area contributed by atoms with E-state index in [1.54, 1.807) is 35.6 Å². The highest BCUT2D eigenvalue weighted by Crippen LogP contribution is 2.39. The van der Waals surface area contributed by atoms with Crippen LogP contribution in [0.25, 0.3) is 27.3 Å². The molecule has 0 unspecified atom stereocenters. The largest absolute Gasteiger partial charge is 0.293 e. The van der Waals surface area contributed by atoms with Gasteiger partial charge in [0.25, 0.3) is 0 Å². The van der Waals surface area contributed by atoms with Gasteiger partial charge in [-0.2, -0.15) is 0 Å². The molecule has 3 heterocycles. The summed E-state index contributed by atoms with van der Waals surface area (Å²) in [5.74, 6) is 1.09. The van der Waals surface area contributed by atoms with E-state index in [9.17, 15) is 4.79 Å². The number of carbonyl (C=O) groups excluding carboxylic acids is 1. The van der Waals surface area contributed by atoms with Crippen LogP contribution in [0.1, 0.15) is 33.6 Å². The first kappa shape index (κ1) is 20.8. The second-order valence-electron chi connectivity index (χ2n) is 8.05. The molecule has 0 fully saturated rings.